The lowest BCUT2D eigenvalue weighted by Crippen LogP contribution is -2.34. The van der Waals surface area contributed by atoms with E-state index in [1.54, 1.807) is 0 Å². The van der Waals surface area contributed by atoms with Gasteiger partial charge < -0.3 is 9.88 Å². The van der Waals surface area contributed by atoms with Crippen molar-refractivity contribution in [2.75, 3.05) is 0 Å². The lowest BCUT2D eigenvalue weighted by molar-refractivity contribution is 0.424. The molecule has 108 valence electrons. The summed E-state index contributed by atoms with van der Waals surface area (Å²) in [6.45, 7) is 7.39. The number of aromatic nitrogens is 1. The molecule has 0 spiro atoms. The highest BCUT2D eigenvalue weighted by atomic mass is 19.1. The molecule has 0 bridgehead atoms. The number of nitrogens with one attached hydrogen (secondary N) is 1. The lowest BCUT2D eigenvalue weighted by atomic mass is 10.1. The normalized spacial score (nSPS) is 11.8. The monoisotopic (exact) mass is 278 g/mol. The molecule has 1 aromatic carbocycles. The van der Waals surface area contributed by atoms with Crippen molar-refractivity contribution in [2.45, 2.75) is 39.4 Å². The Kier molecular flexibility index (Phi) is 4.23. The van der Waals surface area contributed by atoms with Crippen LogP contribution in [-0.2, 0) is 13.1 Å². The van der Waals surface area contributed by atoms with Crippen LogP contribution in [-0.4, -0.2) is 10.1 Å². The molecule has 1 N–H and O–H groups in total. The molecule has 0 fully saturated rings. The zero-order valence-electron chi connectivity index (χ0n) is 12.1. The lowest BCUT2D eigenvalue weighted by Gasteiger charge is -2.19. The third-order valence-electron chi connectivity index (χ3n) is 3.00. The molecule has 2 aromatic rings. The highest BCUT2D eigenvalue weighted by molar-refractivity contribution is 5.20. The summed E-state index contributed by atoms with van der Waals surface area (Å²) in [5.74, 6) is -0.794. The largest absolute Gasteiger partial charge is 0.349 e. The number of halogens is 2. The molecule has 0 saturated heterocycles. The van der Waals surface area contributed by atoms with Crippen LogP contribution in [0.1, 0.15) is 31.9 Å². The highest BCUT2D eigenvalue weighted by Crippen LogP contribution is 2.13. The van der Waals surface area contributed by atoms with Crippen LogP contribution in [0.25, 0.3) is 0 Å². The van der Waals surface area contributed by atoms with E-state index >= 15 is 0 Å². The summed E-state index contributed by atoms with van der Waals surface area (Å²) >= 11 is 0. The van der Waals surface area contributed by atoms with Gasteiger partial charge in [-0.2, -0.15) is 0 Å². The Hall–Kier alpha value is -1.68. The SMILES string of the molecule is CC(C)(C)NCc1ccn(Cc2cc(F)ccc2F)c1. The van der Waals surface area contributed by atoms with Gasteiger partial charge in [0.05, 0.1) is 0 Å². The summed E-state index contributed by atoms with van der Waals surface area (Å²) < 4.78 is 28.6. The van der Waals surface area contributed by atoms with E-state index in [1.165, 1.54) is 6.07 Å². The fraction of sp³-hybridized carbons (Fsp3) is 0.375. The summed E-state index contributed by atoms with van der Waals surface area (Å²) in [5, 5.41) is 3.39. The number of hydrogen-bond acceptors (Lipinski definition) is 1. The number of benzene rings is 1. The second kappa shape index (κ2) is 5.75. The second-order valence-electron chi connectivity index (χ2n) is 6.03. The minimum atomic E-state index is -0.414. The molecular formula is C16H20F2N2. The van der Waals surface area contributed by atoms with E-state index < -0.39 is 5.82 Å². The number of rotatable bonds is 4. The van der Waals surface area contributed by atoms with Gasteiger partial charge in [0.1, 0.15) is 11.6 Å². The van der Waals surface area contributed by atoms with Crippen LogP contribution < -0.4 is 5.32 Å². The standard InChI is InChI=1S/C16H20F2N2/c1-16(2,3)19-9-12-6-7-20(10-12)11-13-8-14(17)4-5-15(13)18/h4-8,10,19H,9,11H2,1-3H3. The quantitative estimate of drug-likeness (QED) is 0.902. The van der Waals surface area contributed by atoms with Gasteiger partial charge in [-0.05, 0) is 50.6 Å². The summed E-state index contributed by atoms with van der Waals surface area (Å²) in [7, 11) is 0. The van der Waals surface area contributed by atoms with Gasteiger partial charge >= 0.3 is 0 Å². The minimum Gasteiger partial charge on any atom is -0.349 e. The molecule has 20 heavy (non-hydrogen) atoms. The van der Waals surface area contributed by atoms with E-state index in [0.29, 0.717) is 12.1 Å². The third-order valence-corrected chi connectivity index (χ3v) is 3.00. The molecule has 0 aliphatic heterocycles. The average molecular weight is 278 g/mol. The first-order valence-electron chi connectivity index (χ1n) is 6.67. The van der Waals surface area contributed by atoms with Crippen molar-refractivity contribution in [3.05, 3.63) is 59.4 Å². The molecule has 0 radical (unpaired) electrons. The van der Waals surface area contributed by atoms with Crippen LogP contribution in [0.2, 0.25) is 0 Å². The Morgan fingerprint density at radius 1 is 1.15 bits per heavy atom. The van der Waals surface area contributed by atoms with E-state index in [9.17, 15) is 8.78 Å². The first-order valence-corrected chi connectivity index (χ1v) is 6.67. The van der Waals surface area contributed by atoms with Crippen molar-refractivity contribution >= 4 is 0 Å². The van der Waals surface area contributed by atoms with Crippen LogP contribution in [0.3, 0.4) is 0 Å². The Balaban J connectivity index is 2.04. The van der Waals surface area contributed by atoms with Crippen molar-refractivity contribution < 1.29 is 8.78 Å². The van der Waals surface area contributed by atoms with E-state index in [4.69, 9.17) is 0 Å². The summed E-state index contributed by atoms with van der Waals surface area (Å²) in [4.78, 5) is 0. The molecular weight excluding hydrogens is 258 g/mol. The average Bonchev–Trinajstić information content (AvgIpc) is 2.78. The van der Waals surface area contributed by atoms with E-state index in [-0.39, 0.29) is 11.4 Å². The van der Waals surface area contributed by atoms with Gasteiger partial charge in [0.25, 0.3) is 0 Å². The van der Waals surface area contributed by atoms with E-state index in [1.807, 2.05) is 23.0 Å². The summed E-state index contributed by atoms with van der Waals surface area (Å²) in [6.07, 6.45) is 3.83. The number of nitrogens with zero attached hydrogens (tertiary/aromatic N) is 1. The van der Waals surface area contributed by atoms with Gasteiger partial charge in [-0.3, -0.25) is 0 Å². The molecule has 2 nitrogen and oxygen atoms in total. The van der Waals surface area contributed by atoms with Gasteiger partial charge in [0, 0.05) is 36.6 Å². The van der Waals surface area contributed by atoms with Crippen molar-refractivity contribution in [1.29, 1.82) is 0 Å². The second-order valence-corrected chi connectivity index (χ2v) is 6.03. The van der Waals surface area contributed by atoms with Crippen LogP contribution in [0.4, 0.5) is 8.78 Å². The number of hydrogen-bond donors (Lipinski definition) is 1. The molecule has 1 aromatic heterocycles. The van der Waals surface area contributed by atoms with Gasteiger partial charge in [-0.25, -0.2) is 8.78 Å². The van der Waals surface area contributed by atoms with Gasteiger partial charge in [-0.15, -0.1) is 0 Å². The Morgan fingerprint density at radius 3 is 2.60 bits per heavy atom. The van der Waals surface area contributed by atoms with E-state index in [2.05, 4.69) is 26.1 Å². The molecule has 0 aliphatic carbocycles. The van der Waals surface area contributed by atoms with Crippen molar-refractivity contribution in [1.82, 2.24) is 9.88 Å². The van der Waals surface area contributed by atoms with Crippen LogP contribution in [0.15, 0.2) is 36.7 Å². The third kappa shape index (κ3) is 4.17. The Morgan fingerprint density at radius 2 is 1.90 bits per heavy atom. The molecule has 0 aliphatic rings. The molecule has 0 atom stereocenters. The predicted octanol–water partition coefficient (Wildman–Crippen LogP) is 3.70. The first-order chi connectivity index (χ1) is 9.33. The zero-order chi connectivity index (χ0) is 14.8. The molecule has 4 heteroatoms. The molecule has 0 saturated carbocycles. The van der Waals surface area contributed by atoms with Gasteiger partial charge in [0.15, 0.2) is 0 Å². The first kappa shape index (κ1) is 14.7. The Bertz CT molecular complexity index is 582. The van der Waals surface area contributed by atoms with Crippen molar-refractivity contribution in [3.63, 3.8) is 0 Å². The molecule has 0 unspecified atom stereocenters. The van der Waals surface area contributed by atoms with Crippen LogP contribution >= 0.6 is 0 Å². The molecule has 1 heterocycles. The predicted molar refractivity (Wildman–Crippen MR) is 76.5 cm³/mol. The fourth-order valence-corrected chi connectivity index (χ4v) is 1.92. The summed E-state index contributed by atoms with van der Waals surface area (Å²) in [5.41, 5.74) is 1.53. The molecule has 2 rings (SSSR count). The van der Waals surface area contributed by atoms with Crippen molar-refractivity contribution in [2.24, 2.45) is 0 Å². The minimum absolute atomic E-state index is 0.0523. The fourth-order valence-electron chi connectivity index (χ4n) is 1.92. The maximum Gasteiger partial charge on any atom is 0.128 e. The van der Waals surface area contributed by atoms with Gasteiger partial charge in [0.2, 0.25) is 0 Å². The highest BCUT2D eigenvalue weighted by Gasteiger charge is 2.09. The Labute approximate surface area is 118 Å². The smallest absolute Gasteiger partial charge is 0.128 e. The molecule has 0 amide bonds. The van der Waals surface area contributed by atoms with Crippen LogP contribution in [0.5, 0.6) is 0 Å². The van der Waals surface area contributed by atoms with Crippen LogP contribution in [0, 0.1) is 11.6 Å². The van der Waals surface area contributed by atoms with Gasteiger partial charge in [-0.1, -0.05) is 0 Å². The maximum absolute atomic E-state index is 13.6. The van der Waals surface area contributed by atoms with Crippen molar-refractivity contribution in [3.8, 4) is 0 Å². The zero-order valence-corrected chi connectivity index (χ0v) is 12.1. The van der Waals surface area contributed by atoms with E-state index in [0.717, 1.165) is 24.2 Å². The maximum atomic E-state index is 13.6. The topological polar surface area (TPSA) is 17.0 Å². The summed E-state index contributed by atoms with van der Waals surface area (Å²) in [6, 6.07) is 5.52.